The first-order chi connectivity index (χ1) is 8.54. The Morgan fingerprint density at radius 1 is 1.17 bits per heavy atom. The molecule has 0 heterocycles. The highest BCUT2D eigenvalue weighted by Crippen LogP contribution is 2.45. The fourth-order valence-corrected chi connectivity index (χ4v) is 3.45. The van der Waals surface area contributed by atoms with Gasteiger partial charge in [-0.05, 0) is 34.1 Å². The summed E-state index contributed by atoms with van der Waals surface area (Å²) in [6.45, 7) is 9.74. The van der Waals surface area contributed by atoms with E-state index in [1.54, 1.807) is 0 Å². The number of halogens is 1. The van der Waals surface area contributed by atoms with Gasteiger partial charge in [0.25, 0.3) is 8.53 Å². The SMILES string of the molecule is CC(C)N(C(C)C)P(OCCC#N)OCCCI. The first-order valence-electron chi connectivity index (χ1n) is 6.31. The molecule has 0 saturated heterocycles. The van der Waals surface area contributed by atoms with Crippen LogP contribution < -0.4 is 0 Å². The van der Waals surface area contributed by atoms with Crippen LogP contribution >= 0.6 is 31.1 Å². The molecule has 0 aliphatic carbocycles. The number of nitrogens with zero attached hydrogens (tertiary/aromatic N) is 2. The van der Waals surface area contributed by atoms with Gasteiger partial charge < -0.3 is 9.05 Å². The van der Waals surface area contributed by atoms with Crippen LogP contribution in [0.3, 0.4) is 0 Å². The van der Waals surface area contributed by atoms with E-state index in [0.717, 1.165) is 17.5 Å². The number of rotatable bonds is 10. The molecule has 0 aliphatic rings. The van der Waals surface area contributed by atoms with Crippen LogP contribution in [-0.4, -0.2) is 34.4 Å². The Morgan fingerprint density at radius 3 is 2.17 bits per heavy atom. The summed E-state index contributed by atoms with van der Waals surface area (Å²) in [4.78, 5) is 0. The molecule has 18 heavy (non-hydrogen) atoms. The van der Waals surface area contributed by atoms with Crippen molar-refractivity contribution in [1.29, 1.82) is 5.26 Å². The second-order valence-corrected chi connectivity index (χ2v) is 6.96. The van der Waals surface area contributed by atoms with E-state index in [0.29, 0.717) is 25.1 Å². The maximum atomic E-state index is 8.57. The lowest BCUT2D eigenvalue weighted by Gasteiger charge is -2.35. The predicted molar refractivity (Wildman–Crippen MR) is 84.7 cm³/mol. The smallest absolute Gasteiger partial charge is 0.259 e. The fraction of sp³-hybridized carbons (Fsp3) is 0.917. The van der Waals surface area contributed by atoms with Crippen LogP contribution in [0.25, 0.3) is 0 Å². The van der Waals surface area contributed by atoms with Crippen molar-refractivity contribution in [2.45, 2.75) is 52.6 Å². The minimum atomic E-state index is -1.05. The minimum Gasteiger partial charge on any atom is -0.322 e. The van der Waals surface area contributed by atoms with Crippen molar-refractivity contribution in [3.8, 4) is 6.07 Å². The van der Waals surface area contributed by atoms with Crippen molar-refractivity contribution in [3.63, 3.8) is 0 Å². The Labute approximate surface area is 126 Å². The van der Waals surface area contributed by atoms with Gasteiger partial charge in [0.2, 0.25) is 0 Å². The van der Waals surface area contributed by atoms with E-state index in [1.165, 1.54) is 0 Å². The summed E-state index contributed by atoms with van der Waals surface area (Å²) < 4.78 is 15.0. The van der Waals surface area contributed by atoms with Crippen LogP contribution in [-0.2, 0) is 9.05 Å². The molecule has 0 N–H and O–H groups in total. The third-order valence-electron chi connectivity index (χ3n) is 2.14. The summed E-state index contributed by atoms with van der Waals surface area (Å²) in [5.41, 5.74) is 0. The molecule has 0 fully saturated rings. The van der Waals surface area contributed by atoms with E-state index < -0.39 is 8.53 Å². The molecule has 4 nitrogen and oxygen atoms in total. The summed E-state index contributed by atoms with van der Waals surface area (Å²) in [6, 6.07) is 2.84. The monoisotopic (exact) mass is 386 g/mol. The molecule has 0 rings (SSSR count). The van der Waals surface area contributed by atoms with Gasteiger partial charge in [0.15, 0.2) is 0 Å². The van der Waals surface area contributed by atoms with Gasteiger partial charge in [-0.1, -0.05) is 22.6 Å². The Balaban J connectivity index is 4.44. The van der Waals surface area contributed by atoms with Crippen LogP contribution in [0.4, 0.5) is 0 Å². The molecular formula is C12H24IN2O2P. The van der Waals surface area contributed by atoms with Crippen molar-refractivity contribution < 1.29 is 9.05 Å². The van der Waals surface area contributed by atoms with Crippen LogP contribution in [0.1, 0.15) is 40.5 Å². The summed E-state index contributed by atoms with van der Waals surface area (Å²) in [5, 5.41) is 8.57. The molecule has 0 aromatic rings. The zero-order valence-electron chi connectivity index (χ0n) is 11.7. The third-order valence-corrected chi connectivity index (χ3v) is 5.01. The van der Waals surface area contributed by atoms with Gasteiger partial charge >= 0.3 is 0 Å². The van der Waals surface area contributed by atoms with Gasteiger partial charge in [-0.25, -0.2) is 4.67 Å². The molecule has 0 spiro atoms. The third kappa shape index (κ3) is 7.85. The van der Waals surface area contributed by atoms with Crippen molar-refractivity contribution in [3.05, 3.63) is 0 Å². The maximum Gasteiger partial charge on any atom is 0.259 e. The lowest BCUT2D eigenvalue weighted by Crippen LogP contribution is -2.33. The second kappa shape index (κ2) is 11.4. The van der Waals surface area contributed by atoms with Gasteiger partial charge in [0.1, 0.15) is 0 Å². The Kier molecular flexibility index (Phi) is 11.7. The lowest BCUT2D eigenvalue weighted by molar-refractivity contribution is 0.177. The Bertz CT molecular complexity index is 239. The number of hydrogen-bond acceptors (Lipinski definition) is 4. The predicted octanol–water partition coefficient (Wildman–Crippen LogP) is 4.10. The van der Waals surface area contributed by atoms with E-state index in [4.69, 9.17) is 14.3 Å². The molecule has 1 atom stereocenters. The summed E-state index contributed by atoms with van der Waals surface area (Å²) in [7, 11) is -1.05. The van der Waals surface area contributed by atoms with Crippen LogP contribution in [0.15, 0.2) is 0 Å². The number of hydrogen-bond donors (Lipinski definition) is 0. The molecule has 1 unspecified atom stereocenters. The number of nitriles is 1. The van der Waals surface area contributed by atoms with Crippen molar-refractivity contribution in [2.75, 3.05) is 17.6 Å². The molecule has 0 bridgehead atoms. The highest BCUT2D eigenvalue weighted by atomic mass is 127. The van der Waals surface area contributed by atoms with Crippen LogP contribution in [0.2, 0.25) is 0 Å². The molecular weight excluding hydrogens is 362 g/mol. The highest BCUT2D eigenvalue weighted by Gasteiger charge is 2.26. The average molecular weight is 386 g/mol. The van der Waals surface area contributed by atoms with Crippen LogP contribution in [0.5, 0.6) is 0 Å². The second-order valence-electron chi connectivity index (χ2n) is 4.42. The molecule has 0 saturated carbocycles. The summed E-state index contributed by atoms with van der Waals surface area (Å²) >= 11 is 2.34. The minimum absolute atomic E-state index is 0.373. The van der Waals surface area contributed by atoms with Crippen LogP contribution in [0, 0.1) is 11.3 Å². The fourth-order valence-electron chi connectivity index (χ4n) is 1.51. The summed E-state index contributed by atoms with van der Waals surface area (Å²) in [5.74, 6) is 0. The molecule has 0 aromatic carbocycles. The van der Waals surface area contributed by atoms with Gasteiger partial charge in [0, 0.05) is 16.5 Å². The first kappa shape index (κ1) is 18.5. The topological polar surface area (TPSA) is 45.5 Å². The Hall–Kier alpha value is 0.530. The molecule has 0 amide bonds. The van der Waals surface area contributed by atoms with Gasteiger partial charge in [-0.3, -0.25) is 0 Å². The lowest BCUT2D eigenvalue weighted by atomic mass is 10.3. The van der Waals surface area contributed by atoms with E-state index in [9.17, 15) is 0 Å². The van der Waals surface area contributed by atoms with Crippen molar-refractivity contribution in [1.82, 2.24) is 4.67 Å². The highest BCUT2D eigenvalue weighted by molar-refractivity contribution is 14.1. The van der Waals surface area contributed by atoms with Gasteiger partial charge in [-0.15, -0.1) is 0 Å². The zero-order valence-corrected chi connectivity index (χ0v) is 14.8. The van der Waals surface area contributed by atoms with Crippen molar-refractivity contribution >= 4 is 31.1 Å². The normalized spacial score (nSPS) is 13.3. The Morgan fingerprint density at radius 2 is 1.72 bits per heavy atom. The first-order valence-corrected chi connectivity index (χ1v) is 8.97. The zero-order chi connectivity index (χ0) is 14.0. The molecule has 6 heteroatoms. The maximum absolute atomic E-state index is 8.57. The molecule has 106 valence electrons. The quantitative estimate of drug-likeness (QED) is 0.245. The van der Waals surface area contributed by atoms with Crippen molar-refractivity contribution in [2.24, 2.45) is 0 Å². The molecule has 0 aromatic heterocycles. The number of alkyl halides is 1. The van der Waals surface area contributed by atoms with E-state index in [2.05, 4.69) is 61.0 Å². The van der Waals surface area contributed by atoms with E-state index >= 15 is 0 Å². The van der Waals surface area contributed by atoms with Gasteiger partial charge in [0.05, 0.1) is 25.7 Å². The largest absolute Gasteiger partial charge is 0.322 e. The standard InChI is InChI=1S/C12H24IN2O2P/c1-11(2)15(12(3)4)18(16-9-5-7-13)17-10-6-8-14/h11-12H,5-7,9-10H2,1-4H3. The molecule has 0 aliphatic heterocycles. The molecule has 0 radical (unpaired) electrons. The van der Waals surface area contributed by atoms with Gasteiger partial charge in [-0.2, -0.15) is 5.26 Å². The van der Waals surface area contributed by atoms with E-state index in [-0.39, 0.29) is 0 Å². The van der Waals surface area contributed by atoms with E-state index in [1.807, 2.05) is 0 Å². The average Bonchev–Trinajstić information content (AvgIpc) is 2.28. The summed E-state index contributed by atoms with van der Waals surface area (Å²) in [6.07, 6.45) is 1.45.